The van der Waals surface area contributed by atoms with Crippen LogP contribution in [0.1, 0.15) is 43.7 Å². The lowest BCUT2D eigenvalue weighted by Gasteiger charge is -2.42. The van der Waals surface area contributed by atoms with Crippen LogP contribution in [0.4, 0.5) is 4.79 Å². The zero-order valence-electron chi connectivity index (χ0n) is 20.8. The molecule has 2 unspecified atom stereocenters. The van der Waals surface area contributed by atoms with Crippen LogP contribution in [0.5, 0.6) is 5.75 Å². The smallest absolute Gasteiger partial charge is 0.408 e. The van der Waals surface area contributed by atoms with E-state index < -0.39 is 6.09 Å². The Balaban J connectivity index is 1.23. The maximum atomic E-state index is 11.9. The first-order valence-corrected chi connectivity index (χ1v) is 13.1. The third-order valence-corrected chi connectivity index (χ3v) is 7.89. The fraction of sp³-hybridized carbons (Fsp3) is 0.654. The van der Waals surface area contributed by atoms with Crippen molar-refractivity contribution in [3.05, 3.63) is 30.2 Å². The Bertz CT molecular complexity index is 1010. The van der Waals surface area contributed by atoms with Crippen LogP contribution in [0.15, 0.2) is 24.5 Å². The van der Waals surface area contributed by atoms with Gasteiger partial charge < -0.3 is 19.6 Å². The van der Waals surface area contributed by atoms with Crippen molar-refractivity contribution < 1.29 is 14.6 Å². The SMILES string of the molecule is CN1CCN(CCCOc2ccc3c(C4CCN(C(=O)O)C(N5CCCC5)C4)ncnc3c2)CC1. The minimum Gasteiger partial charge on any atom is -0.493 e. The predicted octanol–water partition coefficient (Wildman–Crippen LogP) is 2.93. The number of amides is 1. The summed E-state index contributed by atoms with van der Waals surface area (Å²) >= 11 is 0. The van der Waals surface area contributed by atoms with Crippen LogP contribution in [0.3, 0.4) is 0 Å². The highest BCUT2D eigenvalue weighted by Crippen LogP contribution is 2.36. The lowest BCUT2D eigenvalue weighted by Crippen LogP contribution is -2.53. The van der Waals surface area contributed by atoms with Crippen LogP contribution >= 0.6 is 0 Å². The van der Waals surface area contributed by atoms with Gasteiger partial charge in [-0.05, 0) is 51.3 Å². The third kappa shape index (κ3) is 5.68. The lowest BCUT2D eigenvalue weighted by molar-refractivity contribution is 0.0255. The Morgan fingerprint density at radius 1 is 1.09 bits per heavy atom. The van der Waals surface area contributed by atoms with Gasteiger partial charge in [-0.3, -0.25) is 9.80 Å². The minimum absolute atomic E-state index is 0.0679. The van der Waals surface area contributed by atoms with Gasteiger partial charge in [0, 0.05) is 69.7 Å². The first-order chi connectivity index (χ1) is 17.1. The molecule has 3 aliphatic heterocycles. The van der Waals surface area contributed by atoms with Gasteiger partial charge in [-0.2, -0.15) is 0 Å². The van der Waals surface area contributed by atoms with Crippen LogP contribution in [0.2, 0.25) is 0 Å². The summed E-state index contributed by atoms with van der Waals surface area (Å²) in [7, 11) is 2.18. The number of hydrogen-bond acceptors (Lipinski definition) is 7. The molecule has 9 nitrogen and oxygen atoms in total. The van der Waals surface area contributed by atoms with Crippen LogP contribution in [-0.4, -0.2) is 113 Å². The summed E-state index contributed by atoms with van der Waals surface area (Å²) in [6, 6.07) is 6.12. The van der Waals surface area contributed by atoms with Gasteiger partial charge in [-0.15, -0.1) is 0 Å². The first-order valence-electron chi connectivity index (χ1n) is 13.1. The molecule has 5 rings (SSSR count). The molecule has 3 aliphatic rings. The van der Waals surface area contributed by atoms with E-state index in [1.54, 1.807) is 11.2 Å². The van der Waals surface area contributed by atoms with Crippen molar-refractivity contribution in [2.45, 2.75) is 44.2 Å². The molecule has 35 heavy (non-hydrogen) atoms. The van der Waals surface area contributed by atoms with Gasteiger partial charge in [0.15, 0.2) is 0 Å². The molecule has 1 aromatic carbocycles. The van der Waals surface area contributed by atoms with E-state index >= 15 is 0 Å². The number of fused-ring (bicyclic) bond motifs is 1. The number of benzene rings is 1. The molecule has 3 saturated heterocycles. The molecule has 2 atom stereocenters. The number of carboxylic acid groups (broad SMARTS) is 1. The van der Waals surface area contributed by atoms with E-state index in [2.05, 4.69) is 37.8 Å². The van der Waals surface area contributed by atoms with E-state index in [-0.39, 0.29) is 12.1 Å². The molecular weight excluding hydrogens is 444 g/mol. The van der Waals surface area contributed by atoms with Gasteiger partial charge in [0.2, 0.25) is 0 Å². The van der Waals surface area contributed by atoms with Gasteiger partial charge in [0.1, 0.15) is 12.1 Å². The second-order valence-electron chi connectivity index (χ2n) is 10.2. The summed E-state index contributed by atoms with van der Waals surface area (Å²) < 4.78 is 6.06. The molecule has 0 aliphatic carbocycles. The van der Waals surface area contributed by atoms with Crippen LogP contribution < -0.4 is 4.74 Å². The molecule has 1 N–H and O–H groups in total. The predicted molar refractivity (Wildman–Crippen MR) is 135 cm³/mol. The Kier molecular flexibility index (Phi) is 7.65. The van der Waals surface area contributed by atoms with Gasteiger partial charge in [-0.25, -0.2) is 14.8 Å². The Labute approximate surface area is 207 Å². The maximum Gasteiger partial charge on any atom is 0.408 e. The number of piperazine rings is 1. The Morgan fingerprint density at radius 2 is 1.89 bits per heavy atom. The van der Waals surface area contributed by atoms with Crippen LogP contribution in [-0.2, 0) is 0 Å². The molecule has 9 heteroatoms. The standard InChI is InChI=1S/C26H38N6O3/c1-29-12-14-30(15-13-29)8-4-16-35-21-5-6-22-23(18-21)27-19-28-25(22)20-7-11-32(26(33)34)24(17-20)31-9-2-3-10-31/h5-6,18-20,24H,2-4,7-17H2,1H3,(H,33,34). The van der Waals surface area contributed by atoms with Crippen molar-refractivity contribution in [2.24, 2.45) is 0 Å². The largest absolute Gasteiger partial charge is 0.493 e. The molecule has 3 fully saturated rings. The average molecular weight is 483 g/mol. The van der Waals surface area contributed by atoms with E-state index in [1.165, 1.54) is 0 Å². The highest BCUT2D eigenvalue weighted by molar-refractivity contribution is 5.82. The monoisotopic (exact) mass is 482 g/mol. The van der Waals surface area contributed by atoms with E-state index in [9.17, 15) is 9.90 Å². The number of likely N-dealkylation sites (tertiary alicyclic amines) is 2. The second-order valence-corrected chi connectivity index (χ2v) is 10.2. The topological polar surface area (TPSA) is 85.3 Å². The summed E-state index contributed by atoms with van der Waals surface area (Å²) in [5.41, 5.74) is 1.93. The molecule has 190 valence electrons. The number of ether oxygens (including phenoxy) is 1. The molecule has 0 saturated carbocycles. The fourth-order valence-corrected chi connectivity index (χ4v) is 5.82. The zero-order valence-corrected chi connectivity index (χ0v) is 20.8. The van der Waals surface area contributed by atoms with Crippen molar-refractivity contribution in [1.82, 2.24) is 29.6 Å². The minimum atomic E-state index is -0.817. The molecule has 1 aromatic heterocycles. The summed E-state index contributed by atoms with van der Waals surface area (Å²) in [4.78, 5) is 29.9. The van der Waals surface area contributed by atoms with Crippen molar-refractivity contribution in [3.8, 4) is 5.75 Å². The molecule has 0 bridgehead atoms. The van der Waals surface area contributed by atoms with E-state index in [0.717, 1.165) is 100 Å². The van der Waals surface area contributed by atoms with Gasteiger partial charge in [0.05, 0.1) is 24.0 Å². The van der Waals surface area contributed by atoms with Crippen LogP contribution in [0.25, 0.3) is 10.9 Å². The molecule has 1 amide bonds. The summed E-state index contributed by atoms with van der Waals surface area (Å²) in [6.07, 6.45) is 5.62. The number of piperidine rings is 1. The molecule has 4 heterocycles. The first kappa shape index (κ1) is 24.2. The average Bonchev–Trinajstić information content (AvgIpc) is 3.42. The number of rotatable bonds is 7. The Morgan fingerprint density at radius 3 is 2.66 bits per heavy atom. The fourth-order valence-electron chi connectivity index (χ4n) is 5.82. The molecular formula is C26H38N6O3. The normalized spacial score (nSPS) is 24.8. The highest BCUT2D eigenvalue weighted by Gasteiger charge is 2.37. The Hall–Kier alpha value is -2.49. The number of hydrogen-bond donors (Lipinski definition) is 1. The maximum absolute atomic E-state index is 11.9. The number of carbonyl (C=O) groups is 1. The second kappa shape index (κ2) is 11.1. The molecule has 0 spiro atoms. The summed E-state index contributed by atoms with van der Waals surface area (Å²) in [5, 5.41) is 10.8. The van der Waals surface area contributed by atoms with E-state index in [1.807, 2.05) is 12.1 Å². The number of likely N-dealkylation sites (N-methyl/N-ethyl adjacent to an activating group) is 1. The van der Waals surface area contributed by atoms with Crippen LogP contribution in [0, 0.1) is 0 Å². The molecule has 2 aromatic rings. The van der Waals surface area contributed by atoms with Crippen molar-refractivity contribution in [3.63, 3.8) is 0 Å². The molecule has 0 radical (unpaired) electrons. The lowest BCUT2D eigenvalue weighted by atomic mass is 9.89. The van der Waals surface area contributed by atoms with E-state index in [0.29, 0.717) is 13.2 Å². The summed E-state index contributed by atoms with van der Waals surface area (Å²) in [6.45, 7) is 8.81. The zero-order chi connectivity index (χ0) is 24.2. The van der Waals surface area contributed by atoms with Gasteiger partial charge >= 0.3 is 6.09 Å². The quantitative estimate of drug-likeness (QED) is 0.603. The van der Waals surface area contributed by atoms with Crippen molar-refractivity contribution in [1.29, 1.82) is 0 Å². The number of nitrogens with zero attached hydrogens (tertiary/aromatic N) is 6. The third-order valence-electron chi connectivity index (χ3n) is 7.89. The van der Waals surface area contributed by atoms with E-state index in [4.69, 9.17) is 4.74 Å². The van der Waals surface area contributed by atoms with Crippen molar-refractivity contribution >= 4 is 17.0 Å². The highest BCUT2D eigenvalue weighted by atomic mass is 16.5. The van der Waals surface area contributed by atoms with Crippen molar-refractivity contribution in [2.75, 3.05) is 66.0 Å². The van der Waals surface area contributed by atoms with Gasteiger partial charge in [-0.1, -0.05) is 0 Å². The summed E-state index contributed by atoms with van der Waals surface area (Å²) in [5.74, 6) is 1.06. The number of aromatic nitrogens is 2. The van der Waals surface area contributed by atoms with Gasteiger partial charge in [0.25, 0.3) is 0 Å².